The predicted molar refractivity (Wildman–Crippen MR) is 209 cm³/mol. The molecule has 0 aliphatic heterocycles. The van der Waals surface area contributed by atoms with Gasteiger partial charge in [0, 0.05) is 0 Å². The molecule has 0 spiro atoms. The summed E-state index contributed by atoms with van der Waals surface area (Å²) in [4.78, 5) is 0. The van der Waals surface area contributed by atoms with Gasteiger partial charge < -0.3 is 24.8 Å². The van der Waals surface area contributed by atoms with Crippen molar-refractivity contribution < 1.29 is 64.8 Å². The van der Waals surface area contributed by atoms with E-state index in [0.717, 1.165) is 12.8 Å². The molecule has 2 aliphatic rings. The molecule has 8 rings (SSSR count). The Labute approximate surface area is 334 Å². The van der Waals surface area contributed by atoms with Crippen molar-refractivity contribution in [2.45, 2.75) is 68.2 Å². The molecule has 0 radical (unpaired) electrons. The Bertz CT molecular complexity index is 2130. The van der Waals surface area contributed by atoms with Crippen LogP contribution in [0.4, 0.5) is 0 Å². The van der Waals surface area contributed by atoms with Gasteiger partial charge in [0.15, 0.2) is 0 Å². The molecule has 0 nitrogen and oxygen atoms in total. The van der Waals surface area contributed by atoms with E-state index in [9.17, 15) is 0 Å². The Morgan fingerprint density at radius 2 is 0.860 bits per heavy atom. The van der Waals surface area contributed by atoms with Gasteiger partial charge in [0.2, 0.25) is 0 Å². The van der Waals surface area contributed by atoms with Crippen LogP contribution in [0.1, 0.15) is 73.9 Å². The minimum atomic E-state index is 0. The second-order valence-corrected chi connectivity index (χ2v) is 16.7. The minimum Gasteiger partial charge on any atom is -1.00 e. The quantitative estimate of drug-likeness (QED) is 0.134. The molecule has 0 aromatic heterocycles. The number of fused-ring (bicyclic) bond motifs is 6. The molecule has 0 N–H and O–H groups in total. The summed E-state index contributed by atoms with van der Waals surface area (Å²) in [6.07, 6.45) is 15.4. The SMILES string of the molecule is C[C](C)=[Ti+].C[C](C)=[Ti+].Cc1ccc2c(c1)[cH-]c1c(C3=CC=CC3)c(C)ccc12.Cc1ccc2c(c1)[cH-]c1c(C3=CC=CC3)c(C)ccc12.[Cl-].[Cl-]. The van der Waals surface area contributed by atoms with Gasteiger partial charge in [-0.05, 0) is 40.5 Å². The van der Waals surface area contributed by atoms with Crippen molar-refractivity contribution in [2.24, 2.45) is 0 Å². The summed E-state index contributed by atoms with van der Waals surface area (Å²) in [6.45, 7) is 17.1. The van der Waals surface area contributed by atoms with Crippen molar-refractivity contribution in [1.29, 1.82) is 0 Å². The molecule has 0 saturated heterocycles. The molecule has 6 aromatic carbocycles. The van der Waals surface area contributed by atoms with Gasteiger partial charge in [-0.15, -0.1) is 67.4 Å². The minimum absolute atomic E-state index is 0. The number of aryl methyl sites for hydroxylation is 4. The first-order valence-electron chi connectivity index (χ1n) is 16.9. The van der Waals surface area contributed by atoms with Crippen LogP contribution in [0.3, 0.4) is 0 Å². The van der Waals surface area contributed by atoms with E-state index in [-0.39, 0.29) is 24.8 Å². The molecule has 4 heteroatoms. The number of hydrogen-bond acceptors (Lipinski definition) is 0. The second-order valence-electron chi connectivity index (χ2n) is 13.6. The number of rotatable bonds is 2. The maximum atomic E-state index is 2.36. The van der Waals surface area contributed by atoms with Crippen LogP contribution in [0.25, 0.3) is 54.2 Å². The summed E-state index contributed by atoms with van der Waals surface area (Å²) in [5.41, 5.74) is 11.2. The average molecular weight is 766 g/mol. The van der Waals surface area contributed by atoms with Crippen LogP contribution in [0.5, 0.6) is 0 Å². The Morgan fingerprint density at radius 1 is 0.520 bits per heavy atom. The molecule has 0 fully saturated rings. The van der Waals surface area contributed by atoms with Gasteiger partial charge in [-0.25, -0.2) is 0 Å². The van der Waals surface area contributed by atoms with Crippen LogP contribution in [-0.2, 0) is 39.9 Å². The van der Waals surface area contributed by atoms with Gasteiger partial charge in [0.1, 0.15) is 0 Å². The van der Waals surface area contributed by atoms with Crippen LogP contribution in [0, 0.1) is 27.7 Å². The van der Waals surface area contributed by atoms with E-state index >= 15 is 0 Å². The summed E-state index contributed by atoms with van der Waals surface area (Å²) in [6, 6.07) is 27.3. The van der Waals surface area contributed by atoms with Gasteiger partial charge in [-0.1, -0.05) is 130 Å². The van der Waals surface area contributed by atoms with Crippen LogP contribution < -0.4 is 24.8 Å². The maximum Gasteiger partial charge on any atom is -0.0159 e. The third-order valence-corrected chi connectivity index (χ3v) is 8.69. The molecule has 0 bridgehead atoms. The van der Waals surface area contributed by atoms with Crippen molar-refractivity contribution in [2.75, 3.05) is 0 Å². The van der Waals surface area contributed by atoms with Gasteiger partial charge in [-0.3, -0.25) is 0 Å². The third-order valence-electron chi connectivity index (χ3n) is 8.69. The standard InChI is InChI=1S/2C20H17.2C3H6.2ClH.2Ti/c2*1-13-7-9-17-16(11-13)12-19-18(17)10-8-14(2)20(19)15-5-3-4-6-15;2*1-3-2;;;;/h2*3-5,7-12H,6H2,1-2H3;2*1-2H3;2*1H;;/q2*-1;;;;;2*+1/p-2. The molecule has 50 heavy (non-hydrogen) atoms. The molecule has 0 amide bonds. The topological polar surface area (TPSA) is 0 Å². The fourth-order valence-electron chi connectivity index (χ4n) is 6.75. The summed E-state index contributed by atoms with van der Waals surface area (Å²) >= 11 is 4.17. The van der Waals surface area contributed by atoms with Crippen LogP contribution in [-0.4, -0.2) is 7.62 Å². The molecule has 0 saturated carbocycles. The van der Waals surface area contributed by atoms with E-state index in [2.05, 4.69) is 205 Å². The normalized spacial score (nSPS) is 12.6. The van der Waals surface area contributed by atoms with E-state index in [1.165, 1.54) is 95.2 Å². The fourth-order valence-corrected chi connectivity index (χ4v) is 6.75. The van der Waals surface area contributed by atoms with Gasteiger partial charge in [0.25, 0.3) is 0 Å². The Hall–Kier alpha value is -2.67. The largest absolute Gasteiger partial charge is 1.00 e. The monoisotopic (exact) mass is 764 g/mol. The Balaban J connectivity index is 0.000000216. The first-order valence-corrected chi connectivity index (χ1v) is 18.4. The number of benzene rings is 4. The molecule has 0 unspecified atom stereocenters. The number of halogens is 2. The molecule has 0 atom stereocenters. The average Bonchev–Trinajstić information content (AvgIpc) is 3.83. The Morgan fingerprint density at radius 3 is 1.18 bits per heavy atom. The van der Waals surface area contributed by atoms with Gasteiger partial charge in [-0.2, -0.15) is 0 Å². The molecule has 0 heterocycles. The van der Waals surface area contributed by atoms with Gasteiger partial charge in [0.05, 0.1) is 0 Å². The molecule has 6 aromatic rings. The summed E-state index contributed by atoms with van der Waals surface area (Å²) in [7, 11) is 0. The van der Waals surface area contributed by atoms with Crippen LogP contribution in [0.2, 0.25) is 0 Å². The van der Waals surface area contributed by atoms with E-state index in [1.807, 2.05) is 0 Å². The second kappa shape index (κ2) is 18.7. The number of hydrogen-bond donors (Lipinski definition) is 0. The van der Waals surface area contributed by atoms with Crippen molar-refractivity contribution in [3.63, 3.8) is 0 Å². The van der Waals surface area contributed by atoms with E-state index in [4.69, 9.17) is 0 Å². The first-order chi connectivity index (χ1) is 22.9. The fraction of sp³-hybridized carbons (Fsp3) is 0.217. The molecular weight excluding hydrogens is 719 g/mol. The number of allylic oxidation sites excluding steroid dienone is 8. The van der Waals surface area contributed by atoms with E-state index in [0.29, 0.717) is 0 Å². The Kier molecular flexibility index (Phi) is 15.6. The summed E-state index contributed by atoms with van der Waals surface area (Å²) in [5, 5.41) is 11.0. The zero-order valence-corrected chi connectivity index (χ0v) is 35.2. The molecular formula is C46H46Cl2Ti2-2. The van der Waals surface area contributed by atoms with Crippen molar-refractivity contribution in [3.8, 4) is 0 Å². The smallest absolute Gasteiger partial charge is 0.0159 e. The van der Waals surface area contributed by atoms with E-state index in [1.54, 1.807) is 0 Å². The van der Waals surface area contributed by atoms with Gasteiger partial charge >= 0.3 is 75.3 Å². The zero-order valence-electron chi connectivity index (χ0n) is 30.6. The predicted octanol–water partition coefficient (Wildman–Crippen LogP) is 6.84. The summed E-state index contributed by atoms with van der Waals surface area (Å²) < 4.78 is 2.83. The van der Waals surface area contributed by atoms with Crippen molar-refractivity contribution >= 4 is 61.9 Å². The third kappa shape index (κ3) is 9.80. The van der Waals surface area contributed by atoms with Crippen LogP contribution in [0.15, 0.2) is 109 Å². The van der Waals surface area contributed by atoms with Crippen molar-refractivity contribution in [1.82, 2.24) is 0 Å². The first kappa shape index (κ1) is 41.7. The molecule has 2 aliphatic carbocycles. The van der Waals surface area contributed by atoms with E-state index < -0.39 is 0 Å². The maximum absolute atomic E-state index is 2.36. The van der Waals surface area contributed by atoms with Crippen molar-refractivity contribution in [3.05, 3.63) is 143 Å². The molecule has 254 valence electrons. The zero-order chi connectivity index (χ0) is 34.5. The summed E-state index contributed by atoms with van der Waals surface area (Å²) in [5.74, 6) is 0. The van der Waals surface area contributed by atoms with Crippen LogP contribution >= 0.6 is 0 Å².